The number of rotatable bonds is 3. The first-order chi connectivity index (χ1) is 12.0. The number of alkyl halides is 3. The van der Waals surface area contributed by atoms with Gasteiger partial charge in [-0.3, -0.25) is 14.3 Å². The van der Waals surface area contributed by atoms with Crippen LogP contribution in [0.1, 0.15) is 23.0 Å². The average Bonchev–Trinajstić information content (AvgIpc) is 2.50. The number of carbonyl (C=O) groups excluding carboxylic acids is 1. The maximum Gasteiger partial charge on any atom is 0.432 e. The maximum absolute atomic E-state index is 14.3. The van der Waals surface area contributed by atoms with Crippen molar-refractivity contribution < 1.29 is 27.1 Å². The lowest BCUT2D eigenvalue weighted by molar-refractivity contribution is -0.143. The molecule has 0 spiro atoms. The topological polar surface area (TPSA) is 81.2 Å². The molecular weight excluding hydrogens is 384 g/mol. The van der Waals surface area contributed by atoms with Crippen LogP contribution >= 0.6 is 11.6 Å². The zero-order valence-corrected chi connectivity index (χ0v) is 14.1. The van der Waals surface area contributed by atoms with Crippen molar-refractivity contribution in [1.29, 1.82) is 0 Å². The molecule has 1 aromatic heterocycles. The second-order valence-electron chi connectivity index (χ2n) is 5.07. The first-order valence-corrected chi connectivity index (χ1v) is 7.43. The van der Waals surface area contributed by atoms with Gasteiger partial charge in [-0.2, -0.15) is 13.2 Å². The molecule has 26 heavy (non-hydrogen) atoms. The Morgan fingerprint density at radius 1 is 1.31 bits per heavy atom. The summed E-state index contributed by atoms with van der Waals surface area (Å²) in [4.78, 5) is 37.1. The predicted octanol–water partition coefficient (Wildman–Crippen LogP) is 2.73. The monoisotopic (exact) mass is 394 g/mol. The van der Waals surface area contributed by atoms with E-state index in [4.69, 9.17) is 16.3 Å². The van der Waals surface area contributed by atoms with Gasteiger partial charge in [-0.15, -0.1) is 0 Å². The van der Waals surface area contributed by atoms with Gasteiger partial charge in [-0.05, 0) is 19.1 Å². The second-order valence-corrected chi connectivity index (χ2v) is 5.48. The molecule has 1 N–H and O–H groups in total. The molecule has 0 aliphatic heterocycles. The summed E-state index contributed by atoms with van der Waals surface area (Å²) in [6.45, 7) is 1.42. The van der Waals surface area contributed by atoms with Crippen molar-refractivity contribution in [3.63, 3.8) is 0 Å². The molecular formula is C15H11ClF4N2O4. The molecule has 0 aliphatic carbocycles. The first-order valence-electron chi connectivity index (χ1n) is 7.06. The van der Waals surface area contributed by atoms with Crippen molar-refractivity contribution in [2.45, 2.75) is 13.1 Å². The third-order valence-electron chi connectivity index (χ3n) is 3.41. The average molecular weight is 395 g/mol. The zero-order valence-electron chi connectivity index (χ0n) is 13.3. The van der Waals surface area contributed by atoms with Crippen LogP contribution in [0.15, 0.2) is 21.7 Å². The third-order valence-corrected chi connectivity index (χ3v) is 3.73. The molecule has 11 heteroatoms. The first kappa shape index (κ1) is 19.7. The summed E-state index contributed by atoms with van der Waals surface area (Å²) in [5.74, 6) is -2.29. The summed E-state index contributed by atoms with van der Waals surface area (Å²) in [6, 6.07) is 1.27. The molecule has 6 nitrogen and oxygen atoms in total. The fourth-order valence-corrected chi connectivity index (χ4v) is 2.54. The van der Waals surface area contributed by atoms with Gasteiger partial charge in [0.15, 0.2) is 0 Å². The van der Waals surface area contributed by atoms with Crippen LogP contribution in [0.4, 0.5) is 17.6 Å². The van der Waals surface area contributed by atoms with Gasteiger partial charge in [-0.25, -0.2) is 14.0 Å². The molecule has 0 aliphatic rings. The Balaban J connectivity index is 2.91. The molecule has 0 saturated heterocycles. The lowest BCUT2D eigenvalue weighted by atomic mass is 10.0. The van der Waals surface area contributed by atoms with E-state index in [1.165, 1.54) is 6.92 Å². The largest absolute Gasteiger partial charge is 0.462 e. The van der Waals surface area contributed by atoms with Crippen LogP contribution in [-0.2, 0) is 18.0 Å². The van der Waals surface area contributed by atoms with E-state index in [2.05, 4.69) is 0 Å². The number of H-pyrrole nitrogens is 1. The Hall–Kier alpha value is -2.62. The molecule has 0 amide bonds. The fourth-order valence-electron chi connectivity index (χ4n) is 2.31. The lowest BCUT2D eigenvalue weighted by Crippen LogP contribution is -2.35. The number of hydrogen-bond donors (Lipinski definition) is 1. The fraction of sp³-hybridized carbons (Fsp3) is 0.267. The Labute approximate surface area is 148 Å². The predicted molar refractivity (Wildman–Crippen MR) is 83.7 cm³/mol. The number of nitrogens with one attached hydrogen (secondary N) is 1. The van der Waals surface area contributed by atoms with Gasteiger partial charge in [0, 0.05) is 12.6 Å². The van der Waals surface area contributed by atoms with E-state index < -0.39 is 56.6 Å². The van der Waals surface area contributed by atoms with E-state index in [9.17, 15) is 31.9 Å². The number of aromatic nitrogens is 2. The van der Waals surface area contributed by atoms with Gasteiger partial charge in [0.1, 0.15) is 11.5 Å². The van der Waals surface area contributed by atoms with Crippen LogP contribution in [0.5, 0.6) is 0 Å². The normalized spacial score (nSPS) is 11.5. The van der Waals surface area contributed by atoms with Gasteiger partial charge in [0.2, 0.25) is 0 Å². The molecule has 0 atom stereocenters. The van der Waals surface area contributed by atoms with Crippen molar-refractivity contribution in [2.24, 2.45) is 7.05 Å². The van der Waals surface area contributed by atoms with Crippen LogP contribution in [0.2, 0.25) is 5.02 Å². The number of carbonyl (C=O) groups is 1. The highest BCUT2D eigenvalue weighted by Gasteiger charge is 2.39. The maximum atomic E-state index is 14.3. The molecule has 0 radical (unpaired) electrons. The van der Waals surface area contributed by atoms with Crippen LogP contribution in [0.25, 0.3) is 11.1 Å². The van der Waals surface area contributed by atoms with Crippen LogP contribution < -0.4 is 11.2 Å². The standard InChI is InChI=1S/C15H11ClF4N2O4/c1-3-26-13(24)6-4-7(9(17)5-8(6)16)10-11(15(18,19)20)22(2)14(25)21-12(10)23/h4-5H,3H2,1-2H3,(H,21,23,25). The minimum absolute atomic E-state index is 0.0594. The van der Waals surface area contributed by atoms with Crippen LogP contribution in [0.3, 0.4) is 0 Å². The van der Waals surface area contributed by atoms with E-state index in [-0.39, 0.29) is 11.2 Å². The molecule has 0 fully saturated rings. The van der Waals surface area contributed by atoms with Crippen molar-refractivity contribution in [3.05, 3.63) is 55.1 Å². The van der Waals surface area contributed by atoms with Gasteiger partial charge in [-0.1, -0.05) is 11.6 Å². The smallest absolute Gasteiger partial charge is 0.432 e. The highest BCUT2D eigenvalue weighted by Crippen LogP contribution is 2.36. The van der Waals surface area contributed by atoms with E-state index >= 15 is 0 Å². The zero-order chi connectivity index (χ0) is 19.8. The summed E-state index contributed by atoms with van der Waals surface area (Å²) < 4.78 is 59.3. The minimum atomic E-state index is -5.15. The number of ether oxygens (including phenoxy) is 1. The number of hydrogen-bond acceptors (Lipinski definition) is 4. The van der Waals surface area contributed by atoms with Crippen molar-refractivity contribution in [1.82, 2.24) is 9.55 Å². The molecule has 0 bridgehead atoms. The van der Waals surface area contributed by atoms with Gasteiger partial charge < -0.3 is 4.74 Å². The minimum Gasteiger partial charge on any atom is -0.462 e. The number of esters is 1. The number of aromatic amines is 1. The van der Waals surface area contributed by atoms with E-state index in [0.717, 1.165) is 7.05 Å². The summed E-state index contributed by atoms with van der Waals surface area (Å²) in [7, 11) is 0.769. The van der Waals surface area contributed by atoms with Crippen molar-refractivity contribution >= 4 is 17.6 Å². The molecule has 140 valence electrons. The van der Waals surface area contributed by atoms with Crippen molar-refractivity contribution in [3.8, 4) is 11.1 Å². The summed E-state index contributed by atoms with van der Waals surface area (Å²) in [5, 5.41) is -0.403. The summed E-state index contributed by atoms with van der Waals surface area (Å²) in [6.07, 6.45) is -5.15. The lowest BCUT2D eigenvalue weighted by Gasteiger charge is -2.16. The van der Waals surface area contributed by atoms with Crippen LogP contribution in [-0.4, -0.2) is 22.1 Å². The van der Waals surface area contributed by atoms with E-state index in [0.29, 0.717) is 12.1 Å². The van der Waals surface area contributed by atoms with Gasteiger partial charge in [0.25, 0.3) is 5.56 Å². The molecule has 2 rings (SSSR count). The summed E-state index contributed by atoms with van der Waals surface area (Å²) in [5.41, 5.74) is -6.88. The highest BCUT2D eigenvalue weighted by atomic mass is 35.5. The third kappa shape index (κ3) is 3.50. The molecule has 0 unspecified atom stereocenters. The van der Waals surface area contributed by atoms with Gasteiger partial charge in [0.05, 0.1) is 22.8 Å². The Bertz CT molecular complexity index is 995. The van der Waals surface area contributed by atoms with Gasteiger partial charge >= 0.3 is 17.8 Å². The number of nitrogens with zero attached hydrogens (tertiary/aromatic N) is 1. The van der Waals surface area contributed by atoms with Crippen molar-refractivity contribution in [2.75, 3.05) is 6.61 Å². The molecule has 1 heterocycles. The Kier molecular flexibility index (Phi) is 5.26. The second kappa shape index (κ2) is 6.94. The Morgan fingerprint density at radius 2 is 1.92 bits per heavy atom. The summed E-state index contributed by atoms with van der Waals surface area (Å²) >= 11 is 5.74. The molecule has 1 aromatic carbocycles. The molecule has 0 saturated carbocycles. The molecule has 2 aromatic rings. The van der Waals surface area contributed by atoms with E-state index in [1.54, 1.807) is 4.98 Å². The van der Waals surface area contributed by atoms with E-state index in [1.807, 2.05) is 0 Å². The SMILES string of the molecule is CCOC(=O)c1cc(-c2c(C(F)(F)F)n(C)c(=O)[nH]c2=O)c(F)cc1Cl. The Morgan fingerprint density at radius 3 is 2.46 bits per heavy atom. The number of benzene rings is 1. The quantitative estimate of drug-likeness (QED) is 0.641. The van der Waals surface area contributed by atoms with Crippen LogP contribution in [0, 0.1) is 5.82 Å². The number of halogens is 5. The highest BCUT2D eigenvalue weighted by molar-refractivity contribution is 6.33.